The van der Waals surface area contributed by atoms with Gasteiger partial charge in [-0.05, 0) is 12.8 Å². The lowest BCUT2D eigenvalue weighted by Crippen LogP contribution is -2.56. The average molecular weight is 411 g/mol. The number of rotatable bonds is 12. The van der Waals surface area contributed by atoms with Gasteiger partial charge in [0, 0.05) is 24.8 Å². The Kier molecular flexibility index (Phi) is 9.38. The number of ether oxygens (including phenoxy) is 2. The third-order valence-corrected chi connectivity index (χ3v) is 5.84. The van der Waals surface area contributed by atoms with Crippen LogP contribution in [-0.4, -0.2) is 52.2 Å². The van der Waals surface area contributed by atoms with Gasteiger partial charge in [-0.3, -0.25) is 9.28 Å². The lowest BCUT2D eigenvalue weighted by atomic mass is 10.0. The second-order valence-corrected chi connectivity index (χ2v) is 8.34. The van der Waals surface area contributed by atoms with E-state index in [-0.39, 0.29) is 12.2 Å². The number of carbonyl (C=O) groups excluding carboxylic acids is 1. The maximum absolute atomic E-state index is 12.1. The molecule has 158 valence electrons. The zero-order valence-electron chi connectivity index (χ0n) is 17.9. The monoisotopic (exact) mass is 410 g/mol. The molecule has 1 aliphatic heterocycles. The van der Waals surface area contributed by atoms with Crippen LogP contribution < -0.4 is 4.74 Å². The smallest absolute Gasteiger partial charge is 0.310 e. The maximum Gasteiger partial charge on any atom is 0.310 e. The fraction of sp³-hybridized carbons (Fsp3) is 0.762. The SMILES string of the molecule is CCCCCCOc1nsnc1C1=CCC[N+](C)(C(CC)OC(=O)CCC)C1. The Hall–Kier alpha value is -1.47. The zero-order chi connectivity index (χ0) is 20.4. The first-order valence-electron chi connectivity index (χ1n) is 10.7. The van der Waals surface area contributed by atoms with Gasteiger partial charge in [0.2, 0.25) is 6.23 Å². The largest absolute Gasteiger partial charge is 0.475 e. The normalized spacial score (nSPS) is 20.5. The van der Waals surface area contributed by atoms with Gasteiger partial charge in [-0.2, -0.15) is 4.37 Å². The highest BCUT2D eigenvalue weighted by Crippen LogP contribution is 2.32. The number of likely N-dealkylation sites (N-methyl/N-ethyl adjacent to an activating group) is 1. The number of aromatic nitrogens is 2. The predicted molar refractivity (Wildman–Crippen MR) is 113 cm³/mol. The molecular formula is C21H36N3O3S+. The molecule has 2 unspecified atom stereocenters. The number of hydrogen-bond acceptors (Lipinski definition) is 6. The van der Waals surface area contributed by atoms with Crippen LogP contribution >= 0.6 is 11.7 Å². The summed E-state index contributed by atoms with van der Waals surface area (Å²) in [7, 11) is 2.17. The van der Waals surface area contributed by atoms with Gasteiger partial charge >= 0.3 is 5.97 Å². The van der Waals surface area contributed by atoms with Crippen molar-refractivity contribution in [3.05, 3.63) is 11.8 Å². The van der Waals surface area contributed by atoms with Crippen LogP contribution in [0.5, 0.6) is 5.88 Å². The molecule has 0 saturated carbocycles. The number of carbonyl (C=O) groups is 1. The highest BCUT2D eigenvalue weighted by molar-refractivity contribution is 6.99. The minimum absolute atomic E-state index is 0.101. The Morgan fingerprint density at radius 1 is 1.21 bits per heavy atom. The number of unbranched alkanes of at least 4 members (excludes halogenated alkanes) is 3. The lowest BCUT2D eigenvalue weighted by molar-refractivity contribution is -0.947. The highest BCUT2D eigenvalue weighted by Gasteiger charge is 2.38. The summed E-state index contributed by atoms with van der Waals surface area (Å²) in [6.07, 6.45) is 9.81. The van der Waals surface area contributed by atoms with E-state index in [1.165, 1.54) is 31.0 Å². The minimum Gasteiger partial charge on any atom is -0.475 e. The van der Waals surface area contributed by atoms with E-state index in [0.29, 0.717) is 23.4 Å². The number of nitrogens with zero attached hydrogens (tertiary/aromatic N) is 3. The molecule has 0 radical (unpaired) electrons. The zero-order valence-corrected chi connectivity index (χ0v) is 18.7. The van der Waals surface area contributed by atoms with E-state index in [1.54, 1.807) is 0 Å². The summed E-state index contributed by atoms with van der Waals surface area (Å²) in [6, 6.07) is 0. The van der Waals surface area contributed by atoms with Crippen molar-refractivity contribution in [2.24, 2.45) is 0 Å². The van der Waals surface area contributed by atoms with E-state index in [1.807, 2.05) is 6.92 Å². The molecule has 0 aliphatic carbocycles. The van der Waals surface area contributed by atoms with Crippen LogP contribution in [0.4, 0.5) is 0 Å². The van der Waals surface area contributed by atoms with Crippen LogP contribution in [0, 0.1) is 0 Å². The molecule has 0 spiro atoms. The van der Waals surface area contributed by atoms with Gasteiger partial charge in [0.25, 0.3) is 5.88 Å². The highest BCUT2D eigenvalue weighted by atomic mass is 32.1. The van der Waals surface area contributed by atoms with Crippen LogP contribution in [-0.2, 0) is 9.53 Å². The van der Waals surface area contributed by atoms with Crippen LogP contribution in [0.15, 0.2) is 6.08 Å². The van der Waals surface area contributed by atoms with Crippen molar-refractivity contribution in [3.8, 4) is 5.88 Å². The van der Waals surface area contributed by atoms with E-state index in [0.717, 1.165) is 50.0 Å². The molecule has 0 fully saturated rings. The molecule has 2 rings (SSSR count). The van der Waals surface area contributed by atoms with Crippen molar-refractivity contribution in [2.75, 3.05) is 26.7 Å². The average Bonchev–Trinajstić information content (AvgIpc) is 3.14. The van der Waals surface area contributed by atoms with E-state index < -0.39 is 0 Å². The Morgan fingerprint density at radius 3 is 2.75 bits per heavy atom. The van der Waals surface area contributed by atoms with Gasteiger partial charge in [-0.1, -0.05) is 46.1 Å². The second-order valence-electron chi connectivity index (χ2n) is 7.81. The third kappa shape index (κ3) is 6.27. The standard InChI is InChI=1S/C21H36N3O3S/c1-5-8-9-10-15-26-21-20(22-28-23-21)17-13-11-14-24(4,16-17)18(7-3)27-19(25)12-6-2/h13,18H,5-12,14-16H2,1-4H3/q+1. The maximum atomic E-state index is 12.1. The van der Waals surface area contributed by atoms with Gasteiger partial charge in [-0.25, -0.2) is 0 Å². The fourth-order valence-corrected chi connectivity index (χ4v) is 4.25. The minimum atomic E-state index is -0.132. The molecule has 0 amide bonds. The van der Waals surface area contributed by atoms with Crippen LogP contribution in [0.3, 0.4) is 0 Å². The molecule has 7 heteroatoms. The van der Waals surface area contributed by atoms with Gasteiger partial charge in [0.05, 0.1) is 31.9 Å². The number of esters is 1. The van der Waals surface area contributed by atoms with Crippen molar-refractivity contribution in [2.45, 2.75) is 78.4 Å². The van der Waals surface area contributed by atoms with Crippen molar-refractivity contribution in [3.63, 3.8) is 0 Å². The molecule has 6 nitrogen and oxygen atoms in total. The van der Waals surface area contributed by atoms with Gasteiger partial charge < -0.3 is 9.47 Å². The van der Waals surface area contributed by atoms with E-state index in [4.69, 9.17) is 9.47 Å². The van der Waals surface area contributed by atoms with Crippen LogP contribution in [0.25, 0.3) is 5.57 Å². The quantitative estimate of drug-likeness (QED) is 0.281. The molecule has 1 aromatic rings. The molecule has 2 heterocycles. The molecule has 0 bridgehead atoms. The number of hydrogen-bond donors (Lipinski definition) is 0. The summed E-state index contributed by atoms with van der Waals surface area (Å²) < 4.78 is 21.3. The second kappa shape index (κ2) is 11.5. The summed E-state index contributed by atoms with van der Waals surface area (Å²) in [6.45, 7) is 8.70. The van der Waals surface area contributed by atoms with E-state index in [9.17, 15) is 4.79 Å². The summed E-state index contributed by atoms with van der Waals surface area (Å²) in [5.41, 5.74) is 2.01. The van der Waals surface area contributed by atoms with E-state index >= 15 is 0 Å². The van der Waals surface area contributed by atoms with Crippen molar-refractivity contribution in [1.29, 1.82) is 0 Å². The molecule has 28 heavy (non-hydrogen) atoms. The Labute approximate surface area is 173 Å². The third-order valence-electron chi connectivity index (χ3n) is 5.33. The molecule has 1 aromatic heterocycles. The van der Waals surface area contributed by atoms with E-state index in [2.05, 4.69) is 35.7 Å². The molecule has 0 saturated heterocycles. The lowest BCUT2D eigenvalue weighted by Gasteiger charge is -2.42. The van der Waals surface area contributed by atoms with Crippen molar-refractivity contribution in [1.82, 2.24) is 8.75 Å². The summed E-state index contributed by atoms with van der Waals surface area (Å²) in [5, 5.41) is 0. The van der Waals surface area contributed by atoms with Crippen molar-refractivity contribution < 1.29 is 18.8 Å². The van der Waals surface area contributed by atoms with Crippen LogP contribution in [0.2, 0.25) is 0 Å². The van der Waals surface area contributed by atoms with Crippen LogP contribution in [0.1, 0.15) is 77.8 Å². The van der Waals surface area contributed by atoms with Gasteiger partial charge in [-0.15, -0.1) is 4.37 Å². The summed E-state index contributed by atoms with van der Waals surface area (Å²) in [4.78, 5) is 12.1. The topological polar surface area (TPSA) is 61.3 Å². The molecule has 1 aliphatic rings. The first-order chi connectivity index (χ1) is 13.5. The Bertz CT molecular complexity index is 647. The molecule has 2 atom stereocenters. The first kappa shape index (κ1) is 22.8. The van der Waals surface area contributed by atoms with Gasteiger partial charge in [0.1, 0.15) is 12.2 Å². The fourth-order valence-electron chi connectivity index (χ4n) is 3.72. The Morgan fingerprint density at radius 2 is 2.04 bits per heavy atom. The molecular weight excluding hydrogens is 374 g/mol. The Balaban J connectivity index is 2.03. The summed E-state index contributed by atoms with van der Waals surface area (Å²) >= 11 is 1.20. The first-order valence-corrected chi connectivity index (χ1v) is 11.5. The number of quaternary nitrogens is 1. The predicted octanol–water partition coefficient (Wildman–Crippen LogP) is 4.81. The molecule has 0 aromatic carbocycles. The molecule has 0 N–H and O–H groups in total. The van der Waals surface area contributed by atoms with Crippen molar-refractivity contribution >= 4 is 23.3 Å². The summed E-state index contributed by atoms with van der Waals surface area (Å²) in [5.74, 6) is 0.549. The van der Waals surface area contributed by atoms with Gasteiger partial charge in [0.15, 0.2) is 0 Å².